The minimum Gasteiger partial charge on any atom is -0.371 e. The molecule has 0 amide bonds. The van der Waals surface area contributed by atoms with E-state index < -0.39 is 5.54 Å². The highest BCUT2D eigenvalue weighted by Crippen LogP contribution is 2.17. The van der Waals surface area contributed by atoms with Crippen LogP contribution in [0, 0.1) is 11.3 Å². The van der Waals surface area contributed by atoms with Crippen LogP contribution in [0.5, 0.6) is 0 Å². The first-order valence-corrected chi connectivity index (χ1v) is 7.05. The maximum atomic E-state index is 9.21. The molecule has 0 saturated carbocycles. The second kappa shape index (κ2) is 7.81. The molecule has 104 valence electrons. The van der Waals surface area contributed by atoms with Gasteiger partial charge in [-0.25, -0.2) is 0 Å². The number of nitrogens with zero attached hydrogens (tertiary/aromatic N) is 2. The summed E-state index contributed by atoms with van der Waals surface area (Å²) in [5, 5.41) is 12.3. The lowest BCUT2D eigenvalue weighted by Gasteiger charge is -2.29. The quantitative estimate of drug-likeness (QED) is 0.779. The van der Waals surface area contributed by atoms with Crippen LogP contribution in [-0.2, 0) is 0 Å². The zero-order valence-corrected chi connectivity index (χ0v) is 12.3. The molecular formula is C16H25N3. The molecule has 1 rings (SSSR count). The Balaban J connectivity index is 2.68. The highest BCUT2D eigenvalue weighted by Gasteiger charge is 2.22. The van der Waals surface area contributed by atoms with Gasteiger partial charge in [-0.1, -0.05) is 31.5 Å². The first kappa shape index (κ1) is 15.5. The molecular weight excluding hydrogens is 234 g/mol. The van der Waals surface area contributed by atoms with Crippen molar-refractivity contribution in [3.63, 3.8) is 0 Å². The Labute approximate surface area is 117 Å². The van der Waals surface area contributed by atoms with Crippen molar-refractivity contribution in [3.8, 4) is 6.07 Å². The number of hydrogen-bond donors (Lipinski definition) is 1. The number of unbranched alkanes of at least 4 members (excludes halogenated alkanes) is 1. The molecule has 0 fully saturated rings. The minimum atomic E-state index is -0.445. The van der Waals surface area contributed by atoms with Gasteiger partial charge in [0.2, 0.25) is 0 Å². The molecule has 19 heavy (non-hydrogen) atoms. The van der Waals surface area contributed by atoms with E-state index in [0.717, 1.165) is 19.5 Å². The normalized spacial score (nSPS) is 13.6. The second-order valence-corrected chi connectivity index (χ2v) is 5.12. The monoisotopic (exact) mass is 259 g/mol. The van der Waals surface area contributed by atoms with Crippen molar-refractivity contribution in [1.82, 2.24) is 5.32 Å². The summed E-state index contributed by atoms with van der Waals surface area (Å²) in [7, 11) is 1.85. The topological polar surface area (TPSA) is 39.1 Å². The Hall–Kier alpha value is -1.53. The molecule has 0 aliphatic rings. The summed E-state index contributed by atoms with van der Waals surface area (Å²) in [6.45, 7) is 6.10. The molecule has 3 nitrogen and oxygen atoms in total. The van der Waals surface area contributed by atoms with E-state index in [1.165, 1.54) is 18.5 Å². The van der Waals surface area contributed by atoms with Crippen molar-refractivity contribution in [3.05, 3.63) is 30.3 Å². The summed E-state index contributed by atoms with van der Waals surface area (Å²) >= 11 is 0. The first-order chi connectivity index (χ1) is 9.15. The SMILES string of the molecule is CCCCN(CCC(C)(C#N)NC)c1ccccc1. The third-order valence-electron chi connectivity index (χ3n) is 3.58. The Morgan fingerprint density at radius 3 is 2.47 bits per heavy atom. The smallest absolute Gasteiger partial charge is 0.105 e. The van der Waals surface area contributed by atoms with Crippen LogP contribution in [0.25, 0.3) is 0 Å². The van der Waals surface area contributed by atoms with E-state index >= 15 is 0 Å². The molecule has 1 aromatic rings. The fraction of sp³-hybridized carbons (Fsp3) is 0.562. The zero-order chi connectivity index (χ0) is 14.1. The summed E-state index contributed by atoms with van der Waals surface area (Å²) < 4.78 is 0. The van der Waals surface area contributed by atoms with Crippen LogP contribution in [0.2, 0.25) is 0 Å². The van der Waals surface area contributed by atoms with Crippen LogP contribution in [0.1, 0.15) is 33.1 Å². The first-order valence-electron chi connectivity index (χ1n) is 7.05. The highest BCUT2D eigenvalue weighted by molar-refractivity contribution is 5.45. The molecule has 0 bridgehead atoms. The summed E-state index contributed by atoms with van der Waals surface area (Å²) in [6, 6.07) is 12.8. The van der Waals surface area contributed by atoms with Gasteiger partial charge in [0.25, 0.3) is 0 Å². The Morgan fingerprint density at radius 1 is 1.26 bits per heavy atom. The van der Waals surface area contributed by atoms with Crippen LogP contribution in [0.3, 0.4) is 0 Å². The summed E-state index contributed by atoms with van der Waals surface area (Å²) in [5.41, 5.74) is 0.798. The molecule has 3 heteroatoms. The maximum Gasteiger partial charge on any atom is 0.105 e. The standard InChI is InChI=1S/C16H25N3/c1-4-5-12-19(15-9-7-6-8-10-15)13-11-16(2,14-17)18-3/h6-10,18H,4-5,11-13H2,1-3H3. The van der Waals surface area contributed by atoms with E-state index in [4.69, 9.17) is 0 Å². The van der Waals surface area contributed by atoms with Gasteiger partial charge in [0.05, 0.1) is 6.07 Å². The second-order valence-electron chi connectivity index (χ2n) is 5.12. The van der Waals surface area contributed by atoms with Gasteiger partial charge in [0.15, 0.2) is 0 Å². The maximum absolute atomic E-state index is 9.21. The fourth-order valence-electron chi connectivity index (χ4n) is 1.95. The predicted molar refractivity (Wildman–Crippen MR) is 81.3 cm³/mol. The molecule has 1 unspecified atom stereocenters. The van der Waals surface area contributed by atoms with Gasteiger partial charge in [-0.2, -0.15) is 5.26 Å². The zero-order valence-electron chi connectivity index (χ0n) is 12.3. The number of nitrogens with one attached hydrogen (secondary N) is 1. The van der Waals surface area contributed by atoms with Crippen molar-refractivity contribution >= 4 is 5.69 Å². The van der Waals surface area contributed by atoms with Gasteiger partial charge in [-0.05, 0) is 38.9 Å². The molecule has 1 N–H and O–H groups in total. The lowest BCUT2D eigenvalue weighted by Crippen LogP contribution is -2.42. The number of nitriles is 1. The summed E-state index contributed by atoms with van der Waals surface area (Å²) in [6.07, 6.45) is 3.18. The van der Waals surface area contributed by atoms with Crippen LogP contribution < -0.4 is 10.2 Å². The molecule has 0 aliphatic carbocycles. The van der Waals surface area contributed by atoms with Crippen LogP contribution >= 0.6 is 0 Å². The lowest BCUT2D eigenvalue weighted by molar-refractivity contribution is 0.452. The minimum absolute atomic E-state index is 0.445. The molecule has 0 saturated heterocycles. The van der Waals surface area contributed by atoms with Crippen molar-refractivity contribution in [2.24, 2.45) is 0 Å². The van der Waals surface area contributed by atoms with Crippen molar-refractivity contribution < 1.29 is 0 Å². The van der Waals surface area contributed by atoms with Gasteiger partial charge in [-0.15, -0.1) is 0 Å². The molecule has 1 aromatic carbocycles. The van der Waals surface area contributed by atoms with E-state index in [1.807, 2.05) is 20.0 Å². The van der Waals surface area contributed by atoms with E-state index in [9.17, 15) is 5.26 Å². The van der Waals surface area contributed by atoms with Gasteiger partial charge < -0.3 is 10.2 Å². The molecule has 0 heterocycles. The van der Waals surface area contributed by atoms with E-state index in [0.29, 0.717) is 0 Å². The Morgan fingerprint density at radius 2 is 1.95 bits per heavy atom. The van der Waals surface area contributed by atoms with Gasteiger partial charge in [-0.3, -0.25) is 0 Å². The van der Waals surface area contributed by atoms with Crippen molar-refractivity contribution in [2.45, 2.75) is 38.6 Å². The molecule has 0 radical (unpaired) electrons. The van der Waals surface area contributed by atoms with Crippen LogP contribution in [0.4, 0.5) is 5.69 Å². The number of anilines is 1. The average molecular weight is 259 g/mol. The molecule has 0 aromatic heterocycles. The van der Waals surface area contributed by atoms with E-state index in [1.54, 1.807) is 0 Å². The largest absolute Gasteiger partial charge is 0.371 e. The Bertz CT molecular complexity index is 396. The van der Waals surface area contributed by atoms with Gasteiger partial charge in [0.1, 0.15) is 5.54 Å². The van der Waals surface area contributed by atoms with Crippen LogP contribution in [-0.4, -0.2) is 25.7 Å². The summed E-state index contributed by atoms with van der Waals surface area (Å²) in [4.78, 5) is 2.37. The number of rotatable bonds is 8. The lowest BCUT2D eigenvalue weighted by atomic mass is 10.00. The van der Waals surface area contributed by atoms with E-state index in [2.05, 4.69) is 47.5 Å². The van der Waals surface area contributed by atoms with Crippen molar-refractivity contribution in [1.29, 1.82) is 5.26 Å². The molecule has 1 atom stereocenters. The Kier molecular flexibility index (Phi) is 6.38. The van der Waals surface area contributed by atoms with Gasteiger partial charge >= 0.3 is 0 Å². The van der Waals surface area contributed by atoms with Crippen molar-refractivity contribution in [2.75, 3.05) is 25.0 Å². The number of benzene rings is 1. The van der Waals surface area contributed by atoms with E-state index in [-0.39, 0.29) is 0 Å². The molecule has 0 aliphatic heterocycles. The number of hydrogen-bond acceptors (Lipinski definition) is 3. The molecule has 0 spiro atoms. The highest BCUT2D eigenvalue weighted by atomic mass is 15.1. The average Bonchev–Trinajstić information content (AvgIpc) is 2.48. The third kappa shape index (κ3) is 4.92. The number of para-hydroxylation sites is 1. The summed E-state index contributed by atoms with van der Waals surface area (Å²) in [5.74, 6) is 0. The van der Waals surface area contributed by atoms with Gasteiger partial charge in [0, 0.05) is 18.8 Å². The third-order valence-corrected chi connectivity index (χ3v) is 3.58. The predicted octanol–water partition coefficient (Wildman–Crippen LogP) is 3.18. The fourth-order valence-corrected chi connectivity index (χ4v) is 1.95. The van der Waals surface area contributed by atoms with Crippen LogP contribution in [0.15, 0.2) is 30.3 Å².